The van der Waals surface area contributed by atoms with E-state index >= 15 is 0 Å². The molecule has 22 heavy (non-hydrogen) atoms. The fraction of sp³-hybridized carbons (Fsp3) is 0.176. The predicted molar refractivity (Wildman–Crippen MR) is 81.3 cm³/mol. The molecule has 2 N–H and O–H groups in total. The van der Waals surface area contributed by atoms with Crippen molar-refractivity contribution < 1.29 is 19.4 Å². The van der Waals surface area contributed by atoms with Gasteiger partial charge in [0, 0.05) is 6.42 Å². The molecule has 0 radical (unpaired) electrons. The molecule has 3 rings (SSSR count). The number of anilines is 1. The summed E-state index contributed by atoms with van der Waals surface area (Å²) in [5.74, 6) is -0.720. The van der Waals surface area contributed by atoms with E-state index in [0.29, 0.717) is 12.2 Å². The minimum atomic E-state index is -1.07. The number of hydrogen-bond acceptors (Lipinski definition) is 3. The van der Waals surface area contributed by atoms with Crippen molar-refractivity contribution >= 4 is 17.6 Å². The van der Waals surface area contributed by atoms with E-state index in [2.05, 4.69) is 5.32 Å². The first-order valence-electron chi connectivity index (χ1n) is 6.94. The molecule has 2 aromatic rings. The van der Waals surface area contributed by atoms with Gasteiger partial charge in [-0.2, -0.15) is 0 Å². The number of nitrogens with one attached hydrogen (secondary N) is 1. The molecule has 1 aliphatic rings. The van der Waals surface area contributed by atoms with Gasteiger partial charge in [-0.25, -0.2) is 4.79 Å². The van der Waals surface area contributed by atoms with Crippen LogP contribution in [-0.4, -0.2) is 23.1 Å². The average Bonchev–Trinajstić information content (AvgIpc) is 2.93. The van der Waals surface area contributed by atoms with E-state index in [4.69, 9.17) is 4.74 Å². The lowest BCUT2D eigenvalue weighted by Crippen LogP contribution is -2.32. The number of hydrogen-bond donors (Lipinski definition) is 2. The fourth-order valence-electron chi connectivity index (χ4n) is 2.49. The van der Waals surface area contributed by atoms with Gasteiger partial charge >= 0.3 is 5.97 Å². The summed E-state index contributed by atoms with van der Waals surface area (Å²) in [5.41, 5.74) is 2.15. The third-order valence-electron chi connectivity index (χ3n) is 3.60. The van der Waals surface area contributed by atoms with Crippen molar-refractivity contribution in [2.24, 2.45) is 0 Å². The van der Waals surface area contributed by atoms with Crippen LogP contribution in [0.1, 0.15) is 21.5 Å². The molecule has 0 aliphatic carbocycles. The van der Waals surface area contributed by atoms with Crippen molar-refractivity contribution in [3.05, 3.63) is 59.2 Å². The largest absolute Gasteiger partial charge is 0.480 e. The zero-order valence-corrected chi connectivity index (χ0v) is 12.0. The molecular formula is C17H15NO4. The molecule has 0 bridgehead atoms. The number of aryl methyl sites for hydroxylation is 1. The van der Waals surface area contributed by atoms with Gasteiger partial charge < -0.3 is 15.2 Å². The highest BCUT2D eigenvalue weighted by molar-refractivity contribution is 6.02. The molecule has 5 heteroatoms. The van der Waals surface area contributed by atoms with Gasteiger partial charge in [0.15, 0.2) is 6.10 Å². The third kappa shape index (κ3) is 2.65. The lowest BCUT2D eigenvalue weighted by atomic mass is 10.1. The van der Waals surface area contributed by atoms with E-state index in [9.17, 15) is 14.7 Å². The molecule has 0 saturated carbocycles. The summed E-state index contributed by atoms with van der Waals surface area (Å²) in [5, 5.41) is 11.9. The second kappa shape index (κ2) is 5.52. The van der Waals surface area contributed by atoms with Crippen LogP contribution in [0.2, 0.25) is 0 Å². The number of carbonyl (C=O) groups is 2. The van der Waals surface area contributed by atoms with Crippen LogP contribution in [0.15, 0.2) is 42.5 Å². The molecule has 5 nitrogen and oxygen atoms in total. The summed E-state index contributed by atoms with van der Waals surface area (Å²) in [6, 6.07) is 12.4. The summed E-state index contributed by atoms with van der Waals surface area (Å²) >= 11 is 0. The minimum absolute atomic E-state index is 0.0730. The maximum atomic E-state index is 12.3. The summed E-state index contributed by atoms with van der Waals surface area (Å²) in [6.45, 7) is 1.80. The highest BCUT2D eigenvalue weighted by Crippen LogP contribution is 2.29. The zero-order chi connectivity index (χ0) is 15.7. The van der Waals surface area contributed by atoms with Gasteiger partial charge in [-0.3, -0.25) is 4.79 Å². The first-order chi connectivity index (χ1) is 10.5. The quantitative estimate of drug-likeness (QED) is 0.913. The lowest BCUT2D eigenvalue weighted by molar-refractivity contribution is -0.122. The highest BCUT2D eigenvalue weighted by atomic mass is 16.5. The summed E-state index contributed by atoms with van der Waals surface area (Å²) in [6.07, 6.45) is -0.156. The van der Waals surface area contributed by atoms with Gasteiger partial charge in [-0.05, 0) is 30.7 Å². The van der Waals surface area contributed by atoms with Gasteiger partial charge in [0.05, 0.1) is 11.3 Å². The number of amides is 1. The van der Waals surface area contributed by atoms with Gasteiger partial charge in [-0.1, -0.05) is 29.8 Å². The summed E-state index contributed by atoms with van der Waals surface area (Å²) in [7, 11) is 0. The van der Waals surface area contributed by atoms with Crippen LogP contribution in [0.25, 0.3) is 0 Å². The molecule has 1 unspecified atom stereocenters. The van der Waals surface area contributed by atoms with Crippen molar-refractivity contribution in [1.82, 2.24) is 0 Å². The molecule has 1 heterocycles. The Kier molecular flexibility index (Phi) is 3.55. The van der Waals surface area contributed by atoms with Gasteiger partial charge in [0.1, 0.15) is 5.75 Å². The predicted octanol–water partition coefficient (Wildman–Crippen LogP) is 2.64. The number of fused-ring (bicyclic) bond motifs is 1. The molecule has 1 atom stereocenters. The Bertz CT molecular complexity index is 729. The van der Waals surface area contributed by atoms with E-state index in [1.54, 1.807) is 19.1 Å². The Morgan fingerprint density at radius 1 is 1.23 bits per heavy atom. The Balaban J connectivity index is 1.78. The first-order valence-corrected chi connectivity index (χ1v) is 6.94. The van der Waals surface area contributed by atoms with Crippen LogP contribution in [-0.2, 0) is 11.2 Å². The zero-order valence-electron chi connectivity index (χ0n) is 12.0. The molecule has 0 saturated heterocycles. The van der Waals surface area contributed by atoms with Crippen molar-refractivity contribution in [3.63, 3.8) is 0 Å². The number of benzene rings is 2. The van der Waals surface area contributed by atoms with Crippen LogP contribution in [0.3, 0.4) is 0 Å². The van der Waals surface area contributed by atoms with Gasteiger partial charge in [0.25, 0.3) is 5.91 Å². The Hall–Kier alpha value is -2.82. The van der Waals surface area contributed by atoms with Crippen LogP contribution in [0.5, 0.6) is 5.75 Å². The third-order valence-corrected chi connectivity index (χ3v) is 3.60. The maximum absolute atomic E-state index is 12.3. The molecule has 1 amide bonds. The second-order valence-corrected chi connectivity index (χ2v) is 5.26. The van der Waals surface area contributed by atoms with Gasteiger partial charge in [-0.15, -0.1) is 0 Å². The number of carboxylic acids is 1. The Morgan fingerprint density at radius 2 is 2.00 bits per heavy atom. The molecule has 112 valence electrons. The smallest absolute Gasteiger partial charge is 0.337 e. The van der Waals surface area contributed by atoms with E-state index < -0.39 is 12.1 Å². The standard InChI is InChI=1S/C17H15NO4/c1-10-6-7-13(12(8-10)17(20)21)18-16(19)15-9-11-4-2-3-5-14(11)22-15/h2-8,15H,9H2,1H3,(H,18,19)(H,20,21). The van der Waals surface area contributed by atoms with Crippen molar-refractivity contribution in [3.8, 4) is 5.75 Å². The summed E-state index contributed by atoms with van der Waals surface area (Å²) < 4.78 is 5.61. The molecular weight excluding hydrogens is 282 g/mol. The van der Waals surface area contributed by atoms with Crippen molar-refractivity contribution in [2.45, 2.75) is 19.4 Å². The van der Waals surface area contributed by atoms with E-state index in [0.717, 1.165) is 11.1 Å². The Labute approximate surface area is 127 Å². The number of ether oxygens (including phenoxy) is 1. The second-order valence-electron chi connectivity index (χ2n) is 5.26. The number of carbonyl (C=O) groups excluding carboxylic acids is 1. The number of aromatic carboxylic acids is 1. The fourth-order valence-corrected chi connectivity index (χ4v) is 2.49. The number of carboxylic acid groups (broad SMARTS) is 1. The normalized spacial score (nSPS) is 15.8. The molecule has 0 aromatic heterocycles. The molecule has 0 fully saturated rings. The minimum Gasteiger partial charge on any atom is -0.480 e. The topological polar surface area (TPSA) is 75.6 Å². The van der Waals surface area contributed by atoms with Crippen LogP contribution in [0, 0.1) is 6.92 Å². The van der Waals surface area contributed by atoms with Crippen LogP contribution in [0.4, 0.5) is 5.69 Å². The monoisotopic (exact) mass is 297 g/mol. The Morgan fingerprint density at radius 3 is 2.73 bits per heavy atom. The van der Waals surface area contributed by atoms with Gasteiger partial charge in [0.2, 0.25) is 0 Å². The van der Waals surface area contributed by atoms with E-state index in [1.807, 2.05) is 24.3 Å². The lowest BCUT2D eigenvalue weighted by Gasteiger charge is -2.13. The maximum Gasteiger partial charge on any atom is 0.337 e. The van der Waals surface area contributed by atoms with E-state index in [-0.39, 0.29) is 17.2 Å². The highest BCUT2D eigenvalue weighted by Gasteiger charge is 2.29. The molecule has 0 spiro atoms. The SMILES string of the molecule is Cc1ccc(NC(=O)C2Cc3ccccc3O2)c(C(=O)O)c1. The number of para-hydroxylation sites is 1. The molecule has 2 aromatic carbocycles. The van der Waals surface area contributed by atoms with E-state index in [1.165, 1.54) is 6.07 Å². The molecule has 1 aliphatic heterocycles. The van der Waals surface area contributed by atoms with Crippen LogP contribution >= 0.6 is 0 Å². The average molecular weight is 297 g/mol. The summed E-state index contributed by atoms with van der Waals surface area (Å²) in [4.78, 5) is 23.6. The van der Waals surface area contributed by atoms with Crippen molar-refractivity contribution in [2.75, 3.05) is 5.32 Å². The van der Waals surface area contributed by atoms with Crippen molar-refractivity contribution in [1.29, 1.82) is 0 Å². The number of rotatable bonds is 3. The van der Waals surface area contributed by atoms with Crippen LogP contribution < -0.4 is 10.1 Å². The first kappa shape index (κ1) is 14.1.